The van der Waals surface area contributed by atoms with Crippen molar-refractivity contribution >= 4 is 29.8 Å². The van der Waals surface area contributed by atoms with Gasteiger partial charge in [0.25, 0.3) is 0 Å². The molecule has 0 N–H and O–H groups in total. The quantitative estimate of drug-likeness (QED) is 0.491. The average molecular weight is 168 g/mol. The molecule has 0 aliphatic heterocycles. The highest BCUT2D eigenvalue weighted by Gasteiger charge is 1.86. The zero-order valence-electron chi connectivity index (χ0n) is 5.70. The Hall–Kier alpha value is -1.15. The number of carbonyl (C=O) groups excluding carboxylic acids is 1. The molecule has 0 bridgehead atoms. The van der Waals surface area contributed by atoms with Crippen molar-refractivity contribution in [3.05, 3.63) is 29.3 Å². The van der Waals surface area contributed by atoms with E-state index >= 15 is 0 Å². The second-order valence-corrected chi connectivity index (χ2v) is 2.33. The van der Waals surface area contributed by atoms with Crippen molar-refractivity contribution in [3.63, 3.8) is 0 Å². The molecule has 11 heavy (non-hydrogen) atoms. The fourth-order valence-electron chi connectivity index (χ4n) is 0.644. The van der Waals surface area contributed by atoms with Gasteiger partial charge in [0.1, 0.15) is 0 Å². The van der Waals surface area contributed by atoms with E-state index in [1.165, 1.54) is 6.21 Å². The number of halogens is 1. The summed E-state index contributed by atoms with van der Waals surface area (Å²) in [5, 5.41) is 0.662. The maximum absolute atomic E-state index is 9.87. The molecule has 0 aromatic heterocycles. The molecule has 0 saturated heterocycles. The highest BCUT2D eigenvalue weighted by molar-refractivity contribution is 6.30. The van der Waals surface area contributed by atoms with Gasteiger partial charge >= 0.3 is 0 Å². The van der Waals surface area contributed by atoms with Crippen LogP contribution in [0.5, 0.6) is 0 Å². The van der Waals surface area contributed by atoms with Crippen molar-refractivity contribution in [2.24, 2.45) is 4.99 Å². The molecule has 0 heterocycles. The van der Waals surface area contributed by atoms with Crippen molar-refractivity contribution in [1.82, 2.24) is 0 Å². The Bertz CT molecular complexity index is 266. The summed E-state index contributed by atoms with van der Waals surface area (Å²) >= 11 is 5.62. The van der Waals surface area contributed by atoms with Gasteiger partial charge in [-0.2, -0.15) is 0 Å². The zero-order valence-corrected chi connectivity index (χ0v) is 6.45. The van der Waals surface area contributed by atoms with Crippen LogP contribution in [-0.2, 0) is 4.79 Å². The van der Waals surface area contributed by atoms with Gasteiger partial charge in [-0.1, -0.05) is 11.6 Å². The van der Waals surface area contributed by atoms with Crippen LogP contribution in [0.15, 0.2) is 29.3 Å². The van der Waals surface area contributed by atoms with Gasteiger partial charge in [-0.15, -0.1) is 0 Å². The fourth-order valence-corrected chi connectivity index (χ4v) is 0.770. The van der Waals surface area contributed by atoms with Crippen molar-refractivity contribution in [3.8, 4) is 0 Å². The first-order chi connectivity index (χ1) is 5.33. The molecule has 0 fully saturated rings. The van der Waals surface area contributed by atoms with Crippen LogP contribution in [0.4, 0.5) is 5.69 Å². The van der Waals surface area contributed by atoms with Crippen molar-refractivity contribution in [2.45, 2.75) is 0 Å². The number of aldehydes is 1. The second kappa shape index (κ2) is 3.88. The molecule has 1 rings (SSSR count). The third-order valence-corrected chi connectivity index (χ3v) is 1.36. The predicted molar refractivity (Wildman–Crippen MR) is 45.7 cm³/mol. The first kappa shape index (κ1) is 7.95. The molecular weight excluding hydrogens is 162 g/mol. The van der Waals surface area contributed by atoms with Gasteiger partial charge in [-0.3, -0.25) is 9.79 Å². The van der Waals surface area contributed by atoms with Crippen LogP contribution in [0, 0.1) is 0 Å². The topological polar surface area (TPSA) is 29.4 Å². The Kier molecular flexibility index (Phi) is 2.81. The molecule has 1 aromatic carbocycles. The van der Waals surface area contributed by atoms with Crippen LogP contribution in [-0.4, -0.2) is 12.5 Å². The maximum atomic E-state index is 9.87. The number of rotatable bonds is 2. The van der Waals surface area contributed by atoms with E-state index in [-0.39, 0.29) is 0 Å². The summed E-state index contributed by atoms with van der Waals surface area (Å²) in [6.45, 7) is 0. The third kappa shape index (κ3) is 2.51. The highest BCUT2D eigenvalue weighted by Crippen LogP contribution is 2.15. The van der Waals surface area contributed by atoms with Gasteiger partial charge in [0.15, 0.2) is 6.29 Å². The lowest BCUT2D eigenvalue weighted by molar-refractivity contribution is -0.102. The summed E-state index contributed by atoms with van der Waals surface area (Å²) in [5.74, 6) is 0. The van der Waals surface area contributed by atoms with Crippen molar-refractivity contribution in [2.75, 3.05) is 0 Å². The van der Waals surface area contributed by atoms with E-state index in [1.807, 2.05) is 0 Å². The maximum Gasteiger partial charge on any atom is 0.161 e. The van der Waals surface area contributed by atoms with Crippen molar-refractivity contribution in [1.29, 1.82) is 0 Å². The van der Waals surface area contributed by atoms with Crippen LogP contribution in [0.1, 0.15) is 0 Å². The van der Waals surface area contributed by atoms with E-state index in [2.05, 4.69) is 4.99 Å². The number of aliphatic imine (C=N–C) groups is 1. The minimum Gasteiger partial charge on any atom is -0.297 e. The Balaban J connectivity index is 2.81. The average Bonchev–Trinajstić information content (AvgIpc) is 2.04. The number of nitrogens with zero attached hydrogens (tertiary/aromatic N) is 1. The Morgan fingerprint density at radius 3 is 2.45 bits per heavy atom. The summed E-state index contributed by atoms with van der Waals surface area (Å²) < 4.78 is 0. The molecule has 56 valence electrons. The van der Waals surface area contributed by atoms with Crippen LogP contribution in [0.3, 0.4) is 0 Å². The standard InChI is InChI=1S/C8H6ClNO/c9-7-1-3-8(4-2-7)10-5-6-11/h1-6H. The summed E-state index contributed by atoms with van der Waals surface area (Å²) in [5.41, 5.74) is 0.724. The monoisotopic (exact) mass is 167 g/mol. The lowest BCUT2D eigenvalue weighted by Crippen LogP contribution is -1.71. The van der Waals surface area contributed by atoms with Gasteiger partial charge in [0.05, 0.1) is 11.9 Å². The predicted octanol–water partition coefficient (Wildman–Crippen LogP) is 2.24. The van der Waals surface area contributed by atoms with Crippen LogP contribution >= 0.6 is 11.6 Å². The lowest BCUT2D eigenvalue weighted by atomic mass is 10.3. The van der Waals surface area contributed by atoms with Gasteiger partial charge in [0.2, 0.25) is 0 Å². The first-order valence-electron chi connectivity index (χ1n) is 3.06. The van der Waals surface area contributed by atoms with Crippen LogP contribution in [0.25, 0.3) is 0 Å². The van der Waals surface area contributed by atoms with Gasteiger partial charge in [-0.25, -0.2) is 0 Å². The summed E-state index contributed by atoms with van der Waals surface area (Å²) in [4.78, 5) is 13.7. The molecule has 0 atom stereocenters. The molecule has 0 radical (unpaired) electrons. The molecular formula is C8H6ClNO. The molecule has 3 heteroatoms. The minimum atomic E-state index is 0.634. The van der Waals surface area contributed by atoms with E-state index in [1.54, 1.807) is 24.3 Å². The van der Waals surface area contributed by atoms with E-state index in [0.29, 0.717) is 11.3 Å². The van der Waals surface area contributed by atoms with E-state index in [4.69, 9.17) is 11.6 Å². The van der Waals surface area contributed by atoms with Crippen LogP contribution in [0.2, 0.25) is 5.02 Å². The minimum absolute atomic E-state index is 0.634. The smallest absolute Gasteiger partial charge is 0.161 e. The molecule has 0 aliphatic carbocycles. The number of benzene rings is 1. The van der Waals surface area contributed by atoms with Crippen LogP contribution < -0.4 is 0 Å². The molecule has 0 spiro atoms. The molecule has 0 saturated carbocycles. The van der Waals surface area contributed by atoms with E-state index in [9.17, 15) is 4.79 Å². The Labute approximate surface area is 69.5 Å². The SMILES string of the molecule is O=CC=Nc1ccc(Cl)cc1. The summed E-state index contributed by atoms with van der Waals surface area (Å²) in [7, 11) is 0. The first-order valence-corrected chi connectivity index (χ1v) is 3.44. The second-order valence-electron chi connectivity index (χ2n) is 1.89. The van der Waals surface area contributed by atoms with E-state index in [0.717, 1.165) is 5.69 Å². The van der Waals surface area contributed by atoms with Gasteiger partial charge in [-0.05, 0) is 24.3 Å². The number of carbonyl (C=O) groups is 1. The Morgan fingerprint density at radius 1 is 1.27 bits per heavy atom. The third-order valence-electron chi connectivity index (χ3n) is 1.11. The van der Waals surface area contributed by atoms with Crippen molar-refractivity contribution < 1.29 is 4.79 Å². The highest BCUT2D eigenvalue weighted by atomic mass is 35.5. The normalized spacial score (nSPS) is 10.3. The van der Waals surface area contributed by atoms with Gasteiger partial charge in [0, 0.05) is 5.02 Å². The zero-order chi connectivity index (χ0) is 8.10. The molecule has 0 amide bonds. The molecule has 2 nitrogen and oxygen atoms in total. The lowest BCUT2D eigenvalue weighted by Gasteiger charge is -1.90. The number of hydrogen-bond donors (Lipinski definition) is 0. The van der Waals surface area contributed by atoms with E-state index < -0.39 is 0 Å². The number of hydrogen-bond acceptors (Lipinski definition) is 2. The fraction of sp³-hybridized carbons (Fsp3) is 0. The molecule has 0 aliphatic rings. The summed E-state index contributed by atoms with van der Waals surface area (Å²) in [6.07, 6.45) is 1.83. The summed E-state index contributed by atoms with van der Waals surface area (Å²) in [6, 6.07) is 6.92. The largest absolute Gasteiger partial charge is 0.297 e. The van der Waals surface area contributed by atoms with Gasteiger partial charge < -0.3 is 0 Å². The molecule has 0 unspecified atom stereocenters. The Morgan fingerprint density at radius 2 is 1.91 bits per heavy atom. The molecule has 1 aromatic rings.